The molecule has 0 aliphatic carbocycles. The standard InChI is InChI=1S/C16H20N2O4.C6H4ClNO2/c1-16(2,3)22-15(19)17-10-8-12(9-11-17)13-6-4-5-7-14(13)18(20)21;7-5-3-1-2-4-6(5)8(9)10/h4-8H,9-11H2,1-3H3;1-4H. The molecule has 0 fully saturated rings. The van der Waals surface area contributed by atoms with E-state index in [0.717, 1.165) is 5.57 Å². The quantitative estimate of drug-likeness (QED) is 0.417. The van der Waals surface area contributed by atoms with Gasteiger partial charge in [0, 0.05) is 25.2 Å². The molecule has 2 aromatic carbocycles. The van der Waals surface area contributed by atoms with Crippen molar-refractivity contribution < 1.29 is 19.4 Å². The van der Waals surface area contributed by atoms with E-state index < -0.39 is 10.5 Å². The molecular weight excluding hydrogens is 438 g/mol. The number of benzene rings is 2. The maximum atomic E-state index is 12.0. The Morgan fingerprint density at radius 1 is 1.00 bits per heavy atom. The van der Waals surface area contributed by atoms with Crippen molar-refractivity contribution in [3.05, 3.63) is 85.4 Å². The maximum absolute atomic E-state index is 12.0. The van der Waals surface area contributed by atoms with Crippen LogP contribution in [0.25, 0.3) is 5.57 Å². The lowest BCUT2D eigenvalue weighted by Crippen LogP contribution is -2.39. The van der Waals surface area contributed by atoms with Gasteiger partial charge in [-0.1, -0.05) is 41.9 Å². The maximum Gasteiger partial charge on any atom is 0.410 e. The zero-order valence-electron chi connectivity index (χ0n) is 18.0. The molecule has 9 nitrogen and oxygen atoms in total. The number of carbonyl (C=O) groups is 1. The Hall–Kier alpha value is -3.46. The minimum atomic E-state index is -0.528. The number of para-hydroxylation sites is 2. The lowest BCUT2D eigenvalue weighted by molar-refractivity contribution is -0.385. The molecule has 1 aliphatic heterocycles. The average molecular weight is 462 g/mol. The van der Waals surface area contributed by atoms with Crippen LogP contribution in [0, 0.1) is 20.2 Å². The van der Waals surface area contributed by atoms with E-state index in [1.165, 1.54) is 18.2 Å². The third-order valence-electron chi connectivity index (χ3n) is 4.36. The molecule has 0 radical (unpaired) electrons. The molecular formula is C22H24ClN3O6. The molecule has 0 N–H and O–H groups in total. The summed E-state index contributed by atoms with van der Waals surface area (Å²) in [7, 11) is 0. The highest BCUT2D eigenvalue weighted by Crippen LogP contribution is 2.30. The van der Waals surface area contributed by atoms with E-state index in [0.29, 0.717) is 25.1 Å². The zero-order valence-corrected chi connectivity index (χ0v) is 18.7. The molecule has 10 heteroatoms. The first-order chi connectivity index (χ1) is 15.0. The first-order valence-corrected chi connectivity index (χ1v) is 10.2. The van der Waals surface area contributed by atoms with Crippen LogP contribution in [0.2, 0.25) is 5.02 Å². The number of nitro benzene ring substituents is 2. The molecule has 0 spiro atoms. The number of ether oxygens (including phenoxy) is 1. The Labute approximate surface area is 190 Å². The van der Waals surface area contributed by atoms with Crippen LogP contribution in [-0.2, 0) is 4.74 Å². The SMILES string of the molecule is CC(C)(C)OC(=O)N1CC=C(c2ccccc2[N+](=O)[O-])CC1.O=[N+]([O-])c1ccccc1Cl. The van der Waals surface area contributed by atoms with Crippen LogP contribution in [0.4, 0.5) is 16.2 Å². The van der Waals surface area contributed by atoms with E-state index in [2.05, 4.69) is 0 Å². The molecule has 0 unspecified atom stereocenters. The second-order valence-corrected chi connectivity index (χ2v) is 8.30. The average Bonchev–Trinajstić information content (AvgIpc) is 2.73. The lowest BCUT2D eigenvalue weighted by atomic mass is 9.98. The Balaban J connectivity index is 0.000000303. The molecule has 0 saturated heterocycles. The summed E-state index contributed by atoms with van der Waals surface area (Å²) in [5, 5.41) is 21.4. The lowest BCUT2D eigenvalue weighted by Gasteiger charge is -2.29. The summed E-state index contributed by atoms with van der Waals surface area (Å²) in [4.78, 5) is 33.9. The zero-order chi connectivity index (χ0) is 23.9. The number of halogens is 1. The Kier molecular flexibility index (Phi) is 8.31. The highest BCUT2D eigenvalue weighted by Gasteiger charge is 2.25. The molecule has 0 bridgehead atoms. The number of rotatable bonds is 3. The minimum Gasteiger partial charge on any atom is -0.444 e. The van der Waals surface area contributed by atoms with Gasteiger partial charge in [0.15, 0.2) is 0 Å². The van der Waals surface area contributed by atoms with Crippen molar-refractivity contribution in [3.63, 3.8) is 0 Å². The van der Waals surface area contributed by atoms with Gasteiger partial charge in [0.25, 0.3) is 11.4 Å². The normalized spacial score (nSPS) is 13.4. The van der Waals surface area contributed by atoms with Gasteiger partial charge in [-0.3, -0.25) is 20.2 Å². The molecule has 1 amide bonds. The Morgan fingerprint density at radius 3 is 2.03 bits per heavy atom. The van der Waals surface area contributed by atoms with Crippen LogP contribution in [0.15, 0.2) is 54.6 Å². The molecule has 2 aromatic rings. The Bertz CT molecular complexity index is 1030. The van der Waals surface area contributed by atoms with Gasteiger partial charge in [0.1, 0.15) is 10.6 Å². The second-order valence-electron chi connectivity index (χ2n) is 7.89. The van der Waals surface area contributed by atoms with Crippen LogP contribution in [0.3, 0.4) is 0 Å². The summed E-state index contributed by atoms with van der Waals surface area (Å²) >= 11 is 5.48. The van der Waals surface area contributed by atoms with Crippen molar-refractivity contribution in [1.82, 2.24) is 4.90 Å². The van der Waals surface area contributed by atoms with E-state index >= 15 is 0 Å². The van der Waals surface area contributed by atoms with E-state index in [-0.39, 0.29) is 27.4 Å². The number of hydrogen-bond donors (Lipinski definition) is 0. The van der Waals surface area contributed by atoms with E-state index in [9.17, 15) is 25.0 Å². The van der Waals surface area contributed by atoms with Gasteiger partial charge in [0.05, 0.1) is 15.4 Å². The summed E-state index contributed by atoms with van der Waals surface area (Å²) in [5.74, 6) is 0. The smallest absolute Gasteiger partial charge is 0.410 e. The summed E-state index contributed by atoms with van der Waals surface area (Å²) < 4.78 is 5.33. The molecule has 170 valence electrons. The largest absolute Gasteiger partial charge is 0.444 e. The molecule has 32 heavy (non-hydrogen) atoms. The van der Waals surface area contributed by atoms with Crippen molar-refractivity contribution in [2.24, 2.45) is 0 Å². The molecule has 0 aromatic heterocycles. The van der Waals surface area contributed by atoms with Gasteiger partial charge < -0.3 is 9.64 Å². The van der Waals surface area contributed by atoms with Crippen LogP contribution in [0.5, 0.6) is 0 Å². The number of nitro groups is 2. The van der Waals surface area contributed by atoms with Crippen LogP contribution in [-0.4, -0.2) is 39.5 Å². The first-order valence-electron chi connectivity index (χ1n) is 9.79. The molecule has 3 rings (SSSR count). The second kappa shape index (κ2) is 10.7. The van der Waals surface area contributed by atoms with Crippen molar-refractivity contribution >= 4 is 34.6 Å². The fourth-order valence-electron chi connectivity index (χ4n) is 2.91. The van der Waals surface area contributed by atoms with Crippen LogP contribution in [0.1, 0.15) is 32.8 Å². The number of carbonyl (C=O) groups excluding carboxylic acids is 1. The predicted molar refractivity (Wildman–Crippen MR) is 122 cm³/mol. The van der Waals surface area contributed by atoms with Gasteiger partial charge in [-0.15, -0.1) is 0 Å². The highest BCUT2D eigenvalue weighted by atomic mass is 35.5. The van der Waals surface area contributed by atoms with E-state index in [4.69, 9.17) is 16.3 Å². The Morgan fingerprint density at radius 2 is 1.56 bits per heavy atom. The van der Waals surface area contributed by atoms with Crippen molar-refractivity contribution in [2.75, 3.05) is 13.1 Å². The third kappa shape index (κ3) is 7.05. The number of nitrogens with zero attached hydrogens (tertiary/aromatic N) is 3. The van der Waals surface area contributed by atoms with Gasteiger partial charge in [-0.25, -0.2) is 4.79 Å². The summed E-state index contributed by atoms with van der Waals surface area (Å²) in [6, 6.07) is 12.7. The van der Waals surface area contributed by atoms with Gasteiger partial charge in [-0.05, 0) is 44.9 Å². The van der Waals surface area contributed by atoms with Crippen molar-refractivity contribution in [1.29, 1.82) is 0 Å². The van der Waals surface area contributed by atoms with Gasteiger partial charge in [-0.2, -0.15) is 0 Å². The fraction of sp³-hybridized carbons (Fsp3) is 0.318. The predicted octanol–water partition coefficient (Wildman–Crippen LogP) is 5.87. The monoisotopic (exact) mass is 461 g/mol. The fourth-order valence-corrected chi connectivity index (χ4v) is 3.11. The minimum absolute atomic E-state index is 0.0517. The van der Waals surface area contributed by atoms with Crippen LogP contribution >= 0.6 is 11.6 Å². The topological polar surface area (TPSA) is 116 Å². The first kappa shape index (κ1) is 24.8. The van der Waals surface area contributed by atoms with E-state index in [1.807, 2.05) is 26.8 Å². The van der Waals surface area contributed by atoms with Crippen molar-refractivity contribution in [3.8, 4) is 0 Å². The highest BCUT2D eigenvalue weighted by molar-refractivity contribution is 6.32. The molecule has 0 saturated carbocycles. The van der Waals surface area contributed by atoms with Gasteiger partial charge in [0.2, 0.25) is 0 Å². The molecule has 1 aliphatic rings. The van der Waals surface area contributed by atoms with Crippen molar-refractivity contribution in [2.45, 2.75) is 32.8 Å². The third-order valence-corrected chi connectivity index (χ3v) is 4.68. The number of hydrogen-bond acceptors (Lipinski definition) is 6. The molecule has 1 heterocycles. The van der Waals surface area contributed by atoms with Gasteiger partial charge >= 0.3 is 6.09 Å². The molecule has 0 atom stereocenters. The van der Waals surface area contributed by atoms with Crippen LogP contribution < -0.4 is 0 Å². The van der Waals surface area contributed by atoms with E-state index in [1.54, 1.807) is 35.2 Å². The summed E-state index contributed by atoms with van der Waals surface area (Å²) in [6.45, 7) is 6.36. The number of amides is 1. The summed E-state index contributed by atoms with van der Waals surface area (Å²) in [6.07, 6.45) is 2.07. The summed E-state index contributed by atoms with van der Waals surface area (Å²) in [5.41, 5.74) is 1.03.